The molecular formula is C15H16N4S. The van der Waals surface area contributed by atoms with E-state index in [0.29, 0.717) is 0 Å². The molecule has 0 amide bonds. The molecule has 0 unspecified atom stereocenters. The molecule has 0 fully saturated rings. The third-order valence-electron chi connectivity index (χ3n) is 2.92. The largest absolute Gasteiger partial charge is 0.367 e. The number of aryl methyl sites for hydroxylation is 1. The van der Waals surface area contributed by atoms with Gasteiger partial charge in [-0.3, -0.25) is 0 Å². The Hall–Kier alpha value is -2.01. The van der Waals surface area contributed by atoms with Crippen molar-refractivity contribution in [1.82, 2.24) is 14.6 Å². The molecule has 2 aromatic heterocycles. The van der Waals surface area contributed by atoms with Gasteiger partial charge in [-0.25, -0.2) is 9.50 Å². The van der Waals surface area contributed by atoms with Crippen LogP contribution in [0.4, 0.5) is 5.82 Å². The van der Waals surface area contributed by atoms with E-state index in [-0.39, 0.29) is 0 Å². The van der Waals surface area contributed by atoms with E-state index in [4.69, 9.17) is 0 Å². The van der Waals surface area contributed by atoms with Crippen LogP contribution in [-0.2, 0) is 0 Å². The SMILES string of the molecule is Cc1cc2c(NCCSc3ccccc3)nccn2n1. The summed E-state index contributed by atoms with van der Waals surface area (Å²) in [5.74, 6) is 1.89. The summed E-state index contributed by atoms with van der Waals surface area (Å²) in [6, 6.07) is 12.5. The minimum absolute atomic E-state index is 0.871. The smallest absolute Gasteiger partial charge is 0.152 e. The summed E-state index contributed by atoms with van der Waals surface area (Å²) in [5, 5.41) is 7.76. The van der Waals surface area contributed by atoms with Crippen LogP contribution in [0.2, 0.25) is 0 Å². The summed E-state index contributed by atoms with van der Waals surface area (Å²) in [4.78, 5) is 5.68. The number of hydrogen-bond donors (Lipinski definition) is 1. The third-order valence-corrected chi connectivity index (χ3v) is 3.93. The maximum atomic E-state index is 4.38. The van der Waals surface area contributed by atoms with Gasteiger partial charge in [0.2, 0.25) is 0 Å². The number of nitrogens with one attached hydrogen (secondary N) is 1. The van der Waals surface area contributed by atoms with Gasteiger partial charge in [0.05, 0.1) is 5.69 Å². The van der Waals surface area contributed by atoms with Crippen molar-refractivity contribution in [3.05, 3.63) is 54.5 Å². The van der Waals surface area contributed by atoms with Crippen molar-refractivity contribution >= 4 is 23.1 Å². The second-order valence-corrected chi connectivity index (χ2v) is 5.65. The molecule has 3 aromatic rings. The number of nitrogens with zero attached hydrogens (tertiary/aromatic N) is 3. The van der Waals surface area contributed by atoms with Gasteiger partial charge in [-0.2, -0.15) is 5.10 Å². The predicted molar refractivity (Wildman–Crippen MR) is 83.4 cm³/mol. The van der Waals surface area contributed by atoms with Gasteiger partial charge in [-0.05, 0) is 25.1 Å². The van der Waals surface area contributed by atoms with Crippen LogP contribution in [0.5, 0.6) is 0 Å². The van der Waals surface area contributed by atoms with Crippen LogP contribution in [0, 0.1) is 6.92 Å². The molecule has 0 bridgehead atoms. The predicted octanol–water partition coefficient (Wildman–Crippen LogP) is 3.24. The second-order valence-electron chi connectivity index (χ2n) is 4.48. The van der Waals surface area contributed by atoms with Crippen molar-refractivity contribution in [2.75, 3.05) is 17.6 Å². The number of rotatable bonds is 5. The van der Waals surface area contributed by atoms with Crippen LogP contribution in [0.25, 0.3) is 5.52 Å². The lowest BCUT2D eigenvalue weighted by molar-refractivity contribution is 0.921. The van der Waals surface area contributed by atoms with Crippen LogP contribution in [-0.4, -0.2) is 26.9 Å². The van der Waals surface area contributed by atoms with E-state index in [2.05, 4.69) is 39.7 Å². The van der Waals surface area contributed by atoms with Crippen LogP contribution < -0.4 is 5.32 Å². The maximum Gasteiger partial charge on any atom is 0.152 e. The van der Waals surface area contributed by atoms with Gasteiger partial charge in [0.25, 0.3) is 0 Å². The summed E-state index contributed by atoms with van der Waals surface area (Å²) in [5.41, 5.74) is 2.02. The highest BCUT2D eigenvalue weighted by Gasteiger charge is 2.04. The standard InChI is InChI=1S/C15H16N4S/c1-12-11-14-15(16-7-9-19(14)18-12)17-8-10-20-13-5-3-2-4-6-13/h2-7,9,11H,8,10H2,1H3,(H,16,17). The lowest BCUT2D eigenvalue weighted by Crippen LogP contribution is -2.07. The molecule has 0 aliphatic carbocycles. The Bertz CT molecular complexity index is 693. The minimum Gasteiger partial charge on any atom is -0.367 e. The molecule has 0 aliphatic rings. The Balaban J connectivity index is 1.60. The Labute approximate surface area is 122 Å². The van der Waals surface area contributed by atoms with Crippen LogP contribution in [0.1, 0.15) is 5.69 Å². The summed E-state index contributed by atoms with van der Waals surface area (Å²) in [6.07, 6.45) is 3.64. The first-order valence-corrected chi connectivity index (χ1v) is 7.54. The normalized spacial score (nSPS) is 10.8. The van der Waals surface area contributed by atoms with Gasteiger partial charge in [0, 0.05) is 29.6 Å². The number of anilines is 1. The van der Waals surface area contributed by atoms with Crippen molar-refractivity contribution in [1.29, 1.82) is 0 Å². The molecular weight excluding hydrogens is 268 g/mol. The zero-order valence-corrected chi connectivity index (χ0v) is 12.1. The molecule has 20 heavy (non-hydrogen) atoms. The van der Waals surface area contributed by atoms with Crippen molar-refractivity contribution in [3.8, 4) is 0 Å². The third kappa shape index (κ3) is 2.93. The summed E-state index contributed by atoms with van der Waals surface area (Å²) >= 11 is 1.84. The molecule has 5 heteroatoms. The van der Waals surface area contributed by atoms with E-state index in [1.165, 1.54) is 4.90 Å². The lowest BCUT2D eigenvalue weighted by Gasteiger charge is -2.06. The Morgan fingerprint density at radius 1 is 1.25 bits per heavy atom. The van der Waals surface area contributed by atoms with Crippen LogP contribution in [0.3, 0.4) is 0 Å². The summed E-state index contributed by atoms with van der Waals surface area (Å²) in [6.45, 7) is 2.86. The fraction of sp³-hybridized carbons (Fsp3) is 0.200. The van der Waals surface area contributed by atoms with Crippen molar-refractivity contribution in [3.63, 3.8) is 0 Å². The van der Waals surface area contributed by atoms with Crippen molar-refractivity contribution in [2.24, 2.45) is 0 Å². The highest BCUT2D eigenvalue weighted by atomic mass is 32.2. The van der Waals surface area contributed by atoms with Crippen molar-refractivity contribution in [2.45, 2.75) is 11.8 Å². The number of fused-ring (bicyclic) bond motifs is 1. The fourth-order valence-electron chi connectivity index (χ4n) is 2.04. The molecule has 0 saturated carbocycles. The van der Waals surface area contributed by atoms with E-state index in [0.717, 1.165) is 29.3 Å². The molecule has 1 N–H and O–H groups in total. The van der Waals surface area contributed by atoms with Gasteiger partial charge in [0.15, 0.2) is 5.82 Å². The molecule has 0 saturated heterocycles. The molecule has 0 spiro atoms. The molecule has 3 rings (SSSR count). The molecule has 0 radical (unpaired) electrons. The Kier molecular flexibility index (Phi) is 3.87. The molecule has 4 nitrogen and oxygen atoms in total. The first-order valence-electron chi connectivity index (χ1n) is 6.55. The first-order chi connectivity index (χ1) is 9.83. The van der Waals surface area contributed by atoms with Gasteiger partial charge in [0.1, 0.15) is 5.52 Å². The topological polar surface area (TPSA) is 42.2 Å². The maximum absolute atomic E-state index is 4.38. The van der Waals surface area contributed by atoms with Gasteiger partial charge in [-0.1, -0.05) is 18.2 Å². The summed E-state index contributed by atoms with van der Waals surface area (Å²) < 4.78 is 1.86. The highest BCUT2D eigenvalue weighted by molar-refractivity contribution is 7.99. The monoisotopic (exact) mass is 284 g/mol. The van der Waals surface area contributed by atoms with Gasteiger partial charge < -0.3 is 5.32 Å². The van der Waals surface area contributed by atoms with E-state index >= 15 is 0 Å². The first kappa shape index (κ1) is 13.0. The number of benzene rings is 1. The number of thioether (sulfide) groups is 1. The fourth-order valence-corrected chi connectivity index (χ4v) is 2.82. The minimum atomic E-state index is 0.871. The molecule has 0 aliphatic heterocycles. The second kappa shape index (κ2) is 5.96. The van der Waals surface area contributed by atoms with E-state index < -0.39 is 0 Å². The average Bonchev–Trinajstić information content (AvgIpc) is 2.86. The average molecular weight is 284 g/mol. The van der Waals surface area contributed by atoms with Gasteiger partial charge in [-0.15, -0.1) is 11.8 Å². The van der Waals surface area contributed by atoms with E-state index in [1.807, 2.05) is 41.5 Å². The number of aromatic nitrogens is 3. The summed E-state index contributed by atoms with van der Waals surface area (Å²) in [7, 11) is 0. The zero-order valence-electron chi connectivity index (χ0n) is 11.3. The molecule has 2 heterocycles. The quantitative estimate of drug-likeness (QED) is 0.577. The van der Waals surface area contributed by atoms with Crippen molar-refractivity contribution < 1.29 is 0 Å². The van der Waals surface area contributed by atoms with Crippen LogP contribution >= 0.6 is 11.8 Å². The van der Waals surface area contributed by atoms with E-state index in [9.17, 15) is 0 Å². The molecule has 102 valence electrons. The van der Waals surface area contributed by atoms with Crippen LogP contribution in [0.15, 0.2) is 53.7 Å². The Morgan fingerprint density at radius 2 is 2.10 bits per heavy atom. The Morgan fingerprint density at radius 3 is 2.95 bits per heavy atom. The van der Waals surface area contributed by atoms with Gasteiger partial charge >= 0.3 is 0 Å². The molecule has 1 aromatic carbocycles. The number of hydrogen-bond acceptors (Lipinski definition) is 4. The zero-order chi connectivity index (χ0) is 13.8. The van der Waals surface area contributed by atoms with E-state index in [1.54, 1.807) is 6.20 Å². The lowest BCUT2D eigenvalue weighted by atomic mass is 10.4. The highest BCUT2D eigenvalue weighted by Crippen LogP contribution is 2.18. The molecule has 0 atom stereocenters.